The first-order chi connectivity index (χ1) is 25.7. The molecule has 3 heterocycles. The summed E-state index contributed by atoms with van der Waals surface area (Å²) >= 11 is 1.41. The van der Waals surface area contributed by atoms with Gasteiger partial charge in [-0.15, -0.1) is 0 Å². The number of carbonyl (C=O) groups is 3. The largest absolute Gasteiger partial charge is 0.394 e. The van der Waals surface area contributed by atoms with Gasteiger partial charge < -0.3 is 92.0 Å². The lowest BCUT2D eigenvalue weighted by Crippen LogP contribution is -2.65. The lowest BCUT2D eigenvalue weighted by atomic mass is 9.96. The van der Waals surface area contributed by atoms with Gasteiger partial charge >= 0.3 is 0 Å². The lowest BCUT2D eigenvalue weighted by molar-refractivity contribution is -0.312. The maximum atomic E-state index is 12.3. The van der Waals surface area contributed by atoms with Gasteiger partial charge in [-0.25, -0.2) is 0 Å². The molecule has 0 aromatic carbocycles. The lowest BCUT2D eigenvalue weighted by Gasteiger charge is -2.44. The Morgan fingerprint density at radius 1 is 0.648 bits per heavy atom. The Morgan fingerprint density at radius 2 is 1.13 bits per heavy atom. The third-order valence-electron chi connectivity index (χ3n) is 9.34. The van der Waals surface area contributed by atoms with Gasteiger partial charge in [-0.05, 0) is 25.0 Å². The summed E-state index contributed by atoms with van der Waals surface area (Å²) in [7, 11) is 1.53. The Balaban J connectivity index is 1.37. The van der Waals surface area contributed by atoms with Gasteiger partial charge in [0.25, 0.3) is 0 Å². The number of ketones is 1. The number of ether oxygens (including phenoxy) is 6. The van der Waals surface area contributed by atoms with E-state index in [4.69, 9.17) is 45.6 Å². The molecule has 15 N–H and O–H groups in total. The second kappa shape index (κ2) is 23.5. The van der Waals surface area contributed by atoms with E-state index in [1.807, 2.05) is 0 Å². The van der Waals surface area contributed by atoms with Crippen LogP contribution in [0.25, 0.3) is 0 Å². The van der Waals surface area contributed by atoms with E-state index in [0.717, 1.165) is 0 Å². The fraction of sp³-hybridized carbons (Fsp3) is 0.906. The van der Waals surface area contributed by atoms with Gasteiger partial charge in [0.2, 0.25) is 11.8 Å². The molecular formula is C32H59N5O16S. The molecule has 0 aliphatic carbocycles. The van der Waals surface area contributed by atoms with Gasteiger partial charge in [-0.2, -0.15) is 11.8 Å². The van der Waals surface area contributed by atoms with Crippen LogP contribution >= 0.6 is 11.8 Å². The molecule has 15 unspecified atom stereocenters. The van der Waals surface area contributed by atoms with Gasteiger partial charge in [0, 0.05) is 39.5 Å². The molecule has 0 saturated carbocycles. The van der Waals surface area contributed by atoms with Crippen LogP contribution in [-0.4, -0.2) is 197 Å². The van der Waals surface area contributed by atoms with Crippen molar-refractivity contribution in [1.29, 1.82) is 0 Å². The van der Waals surface area contributed by atoms with Crippen LogP contribution in [-0.2, 0) is 42.8 Å². The van der Waals surface area contributed by atoms with Crippen LogP contribution in [0.15, 0.2) is 0 Å². The van der Waals surface area contributed by atoms with Crippen molar-refractivity contribution in [3.8, 4) is 0 Å². The summed E-state index contributed by atoms with van der Waals surface area (Å²) in [6.07, 6.45) is -13.9. The number of nitrogens with one attached hydrogen (secondary N) is 2. The number of unbranched alkanes of at least 4 members (excludes halogenated alkanes) is 1. The molecule has 3 aliphatic rings. The number of amides is 2. The Hall–Kier alpha value is -1.68. The predicted octanol–water partition coefficient (Wildman–Crippen LogP) is -6.14. The summed E-state index contributed by atoms with van der Waals surface area (Å²) in [6, 6.07) is -3.59. The average molecular weight is 802 g/mol. The zero-order chi connectivity index (χ0) is 39.9. The van der Waals surface area contributed by atoms with E-state index in [9.17, 15) is 50.1 Å². The second-order valence-corrected chi connectivity index (χ2v) is 14.6. The summed E-state index contributed by atoms with van der Waals surface area (Å²) in [6.45, 7) is -1.07. The summed E-state index contributed by atoms with van der Waals surface area (Å²) in [5.74, 6) is 0.633. The molecule has 3 rings (SSSR count). The molecule has 3 aliphatic heterocycles. The van der Waals surface area contributed by atoms with E-state index in [0.29, 0.717) is 37.9 Å². The maximum Gasteiger partial charge on any atom is 0.230 e. The number of aliphatic hydroxyl groups excluding tert-OH is 7. The minimum Gasteiger partial charge on any atom is -0.394 e. The van der Waals surface area contributed by atoms with Crippen LogP contribution in [0.5, 0.6) is 0 Å². The molecule has 15 atom stereocenters. The fourth-order valence-electron chi connectivity index (χ4n) is 5.89. The number of hydrogen-bond acceptors (Lipinski definition) is 20. The Labute approximate surface area is 317 Å². The van der Waals surface area contributed by atoms with Crippen LogP contribution in [0.2, 0.25) is 0 Å². The molecule has 0 radical (unpaired) electrons. The highest BCUT2D eigenvalue weighted by molar-refractivity contribution is 7.99. The Morgan fingerprint density at radius 3 is 1.65 bits per heavy atom. The van der Waals surface area contributed by atoms with Crippen molar-refractivity contribution < 1.29 is 78.6 Å². The van der Waals surface area contributed by atoms with E-state index in [-0.39, 0.29) is 42.9 Å². The molecule has 3 fully saturated rings. The third-order valence-corrected chi connectivity index (χ3v) is 10.4. The first-order valence-corrected chi connectivity index (χ1v) is 19.2. The van der Waals surface area contributed by atoms with Crippen molar-refractivity contribution in [2.24, 2.45) is 17.2 Å². The fourth-order valence-corrected chi connectivity index (χ4v) is 6.67. The molecular weight excluding hydrogens is 742 g/mol. The normalized spacial score (nSPS) is 37.1. The van der Waals surface area contributed by atoms with E-state index in [2.05, 4.69) is 10.6 Å². The molecule has 0 aromatic heterocycles. The van der Waals surface area contributed by atoms with E-state index in [1.54, 1.807) is 0 Å². The van der Waals surface area contributed by atoms with Gasteiger partial charge in [0.1, 0.15) is 60.7 Å². The first-order valence-electron chi connectivity index (χ1n) is 18.0. The molecule has 0 bridgehead atoms. The highest BCUT2D eigenvalue weighted by atomic mass is 32.2. The standard InChI is InChI=1S/C32H59N5O16S/c1-36-19(40)7-8-37-20(41)14-54-10-4-6-15(39)5-2-3-9-48-30-21(33)28(46)25(43)17(52-30)12-50-32-23(35)29(47)26(44)18(53-32)13-49-31-22(34)27(45)24(42)16(11-38)51-31/h16-18,21-32,38,42-47H,2-14,33-35H2,1H3,(H,36,40)(H,37,41). The number of carbonyl (C=O) groups excluding carboxylic acids is 3. The number of nitrogens with two attached hydrogens (primary N) is 3. The SMILES string of the molecule is CNC(=O)CCNC(=O)CSCCCC(=O)CCCCOC1OC(COC2OC(COC3OC(CO)C(O)C(O)C3N)C(O)C(O)C2N)C(O)C(O)C1N. The third kappa shape index (κ3) is 13.8. The molecule has 22 heteroatoms. The minimum atomic E-state index is -1.56. The molecule has 0 spiro atoms. The number of rotatable bonds is 22. The maximum absolute atomic E-state index is 12.3. The van der Waals surface area contributed by atoms with Gasteiger partial charge in [0.05, 0.1) is 43.7 Å². The second-order valence-electron chi connectivity index (χ2n) is 13.4. The monoisotopic (exact) mass is 801 g/mol. The summed E-state index contributed by atoms with van der Waals surface area (Å²) in [4.78, 5) is 35.3. The van der Waals surface area contributed by atoms with E-state index in [1.165, 1.54) is 18.8 Å². The van der Waals surface area contributed by atoms with Crippen molar-refractivity contribution in [2.75, 3.05) is 51.5 Å². The van der Waals surface area contributed by atoms with Crippen LogP contribution in [0.3, 0.4) is 0 Å². The number of Topliss-reactive ketones (excluding diaryl/α,β-unsaturated/α-hetero) is 1. The molecule has 3 saturated heterocycles. The Kier molecular flexibility index (Phi) is 20.3. The van der Waals surface area contributed by atoms with Crippen LogP contribution in [0, 0.1) is 0 Å². The smallest absolute Gasteiger partial charge is 0.230 e. The quantitative estimate of drug-likeness (QED) is 0.0453. The zero-order valence-electron chi connectivity index (χ0n) is 30.3. The van der Waals surface area contributed by atoms with Gasteiger partial charge in [0.15, 0.2) is 18.9 Å². The molecule has 54 heavy (non-hydrogen) atoms. The molecule has 21 nitrogen and oxygen atoms in total. The topological polar surface area (TPSA) is 350 Å². The Bertz CT molecular complexity index is 1150. The van der Waals surface area contributed by atoms with Crippen molar-refractivity contribution in [3.05, 3.63) is 0 Å². The highest BCUT2D eigenvalue weighted by Crippen LogP contribution is 2.27. The van der Waals surface area contributed by atoms with Crippen LogP contribution < -0.4 is 27.8 Å². The van der Waals surface area contributed by atoms with Crippen LogP contribution in [0.4, 0.5) is 0 Å². The van der Waals surface area contributed by atoms with Gasteiger partial charge in [-0.1, -0.05) is 0 Å². The summed E-state index contributed by atoms with van der Waals surface area (Å²) < 4.78 is 34.0. The highest BCUT2D eigenvalue weighted by Gasteiger charge is 2.48. The summed E-state index contributed by atoms with van der Waals surface area (Å²) in [5.41, 5.74) is 18.0. The number of aliphatic hydroxyl groups is 7. The average Bonchev–Trinajstić information content (AvgIpc) is 3.15. The van der Waals surface area contributed by atoms with Crippen LogP contribution in [0.1, 0.15) is 38.5 Å². The molecule has 0 aromatic rings. The number of thioether (sulfide) groups is 1. The molecule has 314 valence electrons. The summed E-state index contributed by atoms with van der Waals surface area (Å²) in [5, 5.41) is 77.1. The number of hydrogen-bond donors (Lipinski definition) is 12. The van der Waals surface area contributed by atoms with E-state index < -0.39 is 112 Å². The van der Waals surface area contributed by atoms with Gasteiger partial charge in [-0.3, -0.25) is 14.4 Å². The van der Waals surface area contributed by atoms with Crippen molar-refractivity contribution in [1.82, 2.24) is 10.6 Å². The molecule has 2 amide bonds. The zero-order valence-corrected chi connectivity index (χ0v) is 31.1. The van der Waals surface area contributed by atoms with Crippen molar-refractivity contribution >= 4 is 29.4 Å². The van der Waals surface area contributed by atoms with E-state index >= 15 is 0 Å². The van der Waals surface area contributed by atoms with Crippen molar-refractivity contribution in [2.45, 2.75) is 130 Å². The first kappa shape index (κ1) is 46.7. The minimum absolute atomic E-state index is 0.0708. The van der Waals surface area contributed by atoms with Crippen molar-refractivity contribution in [3.63, 3.8) is 0 Å². The predicted molar refractivity (Wildman–Crippen MR) is 188 cm³/mol.